The number of hydrogen-bond donors (Lipinski definition) is 0. The number of hydrogen-bond acceptors (Lipinski definition) is 4. The molecule has 164 valence electrons. The Kier molecular flexibility index (Phi) is 7.10. The van der Waals surface area contributed by atoms with E-state index in [-0.39, 0.29) is 17.5 Å². The van der Waals surface area contributed by atoms with E-state index in [9.17, 15) is 9.59 Å². The largest absolute Gasteiger partial charge is 0.495 e. The first kappa shape index (κ1) is 22.5. The number of carbonyl (C=O) groups excluding carboxylic acids is 1. The average molecular weight is 422 g/mol. The zero-order valence-corrected chi connectivity index (χ0v) is 19.0. The molecule has 3 rings (SSSR count). The number of benzene rings is 2. The molecule has 0 N–H and O–H groups in total. The van der Waals surface area contributed by atoms with Crippen LogP contribution >= 0.6 is 0 Å². The van der Waals surface area contributed by atoms with Gasteiger partial charge in [0.2, 0.25) is 5.91 Å². The van der Waals surface area contributed by atoms with Crippen LogP contribution in [0.4, 0.5) is 0 Å². The van der Waals surface area contributed by atoms with Crippen molar-refractivity contribution >= 4 is 16.8 Å². The monoisotopic (exact) mass is 421 g/mol. The van der Waals surface area contributed by atoms with Crippen LogP contribution in [0.5, 0.6) is 5.75 Å². The fourth-order valence-corrected chi connectivity index (χ4v) is 3.91. The fourth-order valence-electron chi connectivity index (χ4n) is 3.91. The summed E-state index contributed by atoms with van der Waals surface area (Å²) in [5, 5.41) is 0.530. The number of fused-ring (bicyclic) bond motifs is 1. The lowest BCUT2D eigenvalue weighted by Crippen LogP contribution is -2.37. The summed E-state index contributed by atoms with van der Waals surface area (Å²) in [7, 11) is 1.59. The van der Waals surface area contributed by atoms with Crippen LogP contribution in [0.2, 0.25) is 0 Å². The number of methoxy groups -OCH3 is 1. The van der Waals surface area contributed by atoms with Crippen molar-refractivity contribution in [3.05, 3.63) is 64.2 Å². The summed E-state index contributed by atoms with van der Waals surface area (Å²) in [6, 6.07) is 12.6. The lowest BCUT2D eigenvalue weighted by atomic mass is 10.1. The molecule has 0 saturated heterocycles. The third-order valence-corrected chi connectivity index (χ3v) is 5.62. The first-order valence-corrected chi connectivity index (χ1v) is 10.9. The smallest absolute Gasteiger partial charge is 0.266 e. The Labute approximate surface area is 183 Å². The second-order valence-electron chi connectivity index (χ2n) is 7.76. The van der Waals surface area contributed by atoms with Gasteiger partial charge >= 0.3 is 0 Å². The van der Waals surface area contributed by atoms with Crippen molar-refractivity contribution in [2.45, 2.75) is 53.0 Å². The molecule has 6 nitrogen and oxygen atoms in total. The quantitative estimate of drug-likeness (QED) is 0.524. The van der Waals surface area contributed by atoms with Crippen molar-refractivity contribution in [2.75, 3.05) is 13.7 Å². The van der Waals surface area contributed by atoms with Crippen LogP contribution in [0, 0.1) is 6.92 Å². The maximum absolute atomic E-state index is 13.7. The predicted octanol–water partition coefficient (Wildman–Crippen LogP) is 4.80. The van der Waals surface area contributed by atoms with E-state index in [1.54, 1.807) is 22.6 Å². The molecule has 6 heteroatoms. The molecule has 0 saturated carbocycles. The van der Waals surface area contributed by atoms with Crippen LogP contribution in [0.1, 0.15) is 57.5 Å². The van der Waals surface area contributed by atoms with Crippen molar-refractivity contribution < 1.29 is 9.53 Å². The molecule has 0 fully saturated rings. The van der Waals surface area contributed by atoms with Crippen LogP contribution in [0.25, 0.3) is 16.6 Å². The standard InChI is InChI=1S/C25H31N3O3/c1-6-8-13-23(29)27(7-2)18(4)24-26-20-12-10-9-11-19(20)25(30)28(24)21-16-17(3)14-15-22(21)31-5/h9-12,14-16,18H,6-8,13H2,1-5H3. The number of carbonyl (C=O) groups is 1. The Hall–Kier alpha value is -3.15. The summed E-state index contributed by atoms with van der Waals surface area (Å²) >= 11 is 0. The van der Waals surface area contributed by atoms with Crippen molar-refractivity contribution in [1.29, 1.82) is 0 Å². The van der Waals surface area contributed by atoms with E-state index in [1.807, 2.05) is 57.2 Å². The van der Waals surface area contributed by atoms with Crippen LogP contribution in [-0.4, -0.2) is 34.0 Å². The number of amides is 1. The minimum Gasteiger partial charge on any atom is -0.495 e. The van der Waals surface area contributed by atoms with Gasteiger partial charge in [0.1, 0.15) is 11.6 Å². The molecular formula is C25H31N3O3. The van der Waals surface area contributed by atoms with Gasteiger partial charge in [-0.15, -0.1) is 0 Å². The summed E-state index contributed by atoms with van der Waals surface area (Å²) in [5.74, 6) is 1.18. The lowest BCUT2D eigenvalue weighted by molar-refractivity contribution is -0.133. The van der Waals surface area contributed by atoms with Crippen molar-refractivity contribution in [1.82, 2.24) is 14.5 Å². The fraction of sp³-hybridized carbons (Fsp3) is 0.400. The van der Waals surface area contributed by atoms with Crippen LogP contribution in [0.15, 0.2) is 47.3 Å². The summed E-state index contributed by atoms with van der Waals surface area (Å²) in [5.41, 5.74) is 2.08. The summed E-state index contributed by atoms with van der Waals surface area (Å²) < 4.78 is 7.18. The second kappa shape index (κ2) is 9.77. The maximum Gasteiger partial charge on any atom is 0.266 e. The molecular weight excluding hydrogens is 390 g/mol. The van der Waals surface area contributed by atoms with Gasteiger partial charge in [-0.2, -0.15) is 0 Å². The Bertz CT molecular complexity index is 1140. The molecule has 1 amide bonds. The molecule has 0 spiro atoms. The number of aromatic nitrogens is 2. The zero-order chi connectivity index (χ0) is 22.5. The molecule has 3 aromatic rings. The molecule has 1 unspecified atom stereocenters. The van der Waals surface area contributed by atoms with E-state index in [2.05, 4.69) is 6.92 Å². The van der Waals surface area contributed by atoms with Crippen molar-refractivity contribution in [2.24, 2.45) is 0 Å². The highest BCUT2D eigenvalue weighted by Crippen LogP contribution is 2.28. The van der Waals surface area contributed by atoms with Gasteiger partial charge in [0.15, 0.2) is 0 Å². The van der Waals surface area contributed by atoms with Crippen LogP contribution in [-0.2, 0) is 4.79 Å². The van der Waals surface area contributed by atoms with Gasteiger partial charge in [-0.25, -0.2) is 4.98 Å². The molecule has 0 aliphatic heterocycles. The zero-order valence-electron chi connectivity index (χ0n) is 19.0. The molecule has 0 radical (unpaired) electrons. The molecule has 0 aliphatic rings. The normalized spacial score (nSPS) is 12.0. The van der Waals surface area contributed by atoms with Gasteiger partial charge in [-0.1, -0.05) is 31.5 Å². The molecule has 31 heavy (non-hydrogen) atoms. The van der Waals surface area contributed by atoms with Gasteiger partial charge in [-0.3, -0.25) is 14.2 Å². The van der Waals surface area contributed by atoms with Gasteiger partial charge in [0, 0.05) is 13.0 Å². The van der Waals surface area contributed by atoms with E-state index < -0.39 is 0 Å². The summed E-state index contributed by atoms with van der Waals surface area (Å²) in [6.45, 7) is 8.47. The van der Waals surface area contributed by atoms with Gasteiger partial charge < -0.3 is 9.64 Å². The number of ether oxygens (including phenoxy) is 1. The topological polar surface area (TPSA) is 64.4 Å². The summed E-state index contributed by atoms with van der Waals surface area (Å²) in [6.07, 6.45) is 2.28. The third kappa shape index (κ3) is 4.48. The Balaban J connectivity index is 2.28. The second-order valence-corrected chi connectivity index (χ2v) is 7.76. The Morgan fingerprint density at radius 3 is 2.61 bits per heavy atom. The van der Waals surface area contributed by atoms with E-state index in [4.69, 9.17) is 9.72 Å². The number of nitrogens with zero attached hydrogens (tertiary/aromatic N) is 3. The van der Waals surface area contributed by atoms with E-state index >= 15 is 0 Å². The van der Waals surface area contributed by atoms with E-state index in [1.165, 1.54) is 0 Å². The van der Waals surface area contributed by atoms with Gasteiger partial charge in [0.05, 0.1) is 29.7 Å². The Morgan fingerprint density at radius 1 is 1.19 bits per heavy atom. The predicted molar refractivity (Wildman–Crippen MR) is 124 cm³/mol. The van der Waals surface area contributed by atoms with E-state index in [0.29, 0.717) is 41.1 Å². The molecule has 0 aliphatic carbocycles. The minimum absolute atomic E-state index is 0.0713. The lowest BCUT2D eigenvalue weighted by Gasteiger charge is -2.30. The summed E-state index contributed by atoms with van der Waals surface area (Å²) in [4.78, 5) is 33.2. The number of para-hydroxylation sites is 1. The minimum atomic E-state index is -0.378. The van der Waals surface area contributed by atoms with E-state index in [0.717, 1.165) is 18.4 Å². The number of rotatable bonds is 8. The molecule has 1 atom stereocenters. The van der Waals surface area contributed by atoms with Gasteiger partial charge in [-0.05, 0) is 57.0 Å². The molecule has 1 heterocycles. The SMILES string of the molecule is CCCCC(=O)N(CC)C(C)c1nc2ccccc2c(=O)n1-c1cc(C)ccc1OC. The van der Waals surface area contributed by atoms with Crippen LogP contribution in [0.3, 0.4) is 0 Å². The first-order chi connectivity index (χ1) is 14.9. The average Bonchev–Trinajstić information content (AvgIpc) is 2.78. The highest BCUT2D eigenvalue weighted by atomic mass is 16.5. The van der Waals surface area contributed by atoms with Crippen molar-refractivity contribution in [3.8, 4) is 11.4 Å². The maximum atomic E-state index is 13.7. The molecule has 1 aromatic heterocycles. The van der Waals surface area contributed by atoms with Gasteiger partial charge in [0.25, 0.3) is 5.56 Å². The highest BCUT2D eigenvalue weighted by molar-refractivity contribution is 5.79. The first-order valence-electron chi connectivity index (χ1n) is 10.9. The third-order valence-electron chi connectivity index (χ3n) is 5.62. The molecule has 0 bridgehead atoms. The van der Waals surface area contributed by atoms with Crippen molar-refractivity contribution in [3.63, 3.8) is 0 Å². The molecule has 2 aromatic carbocycles. The Morgan fingerprint density at radius 2 is 1.94 bits per heavy atom. The number of aryl methyl sites for hydroxylation is 1. The van der Waals surface area contributed by atoms with Crippen LogP contribution < -0.4 is 10.3 Å². The number of unbranched alkanes of at least 4 members (excludes halogenated alkanes) is 1. The highest BCUT2D eigenvalue weighted by Gasteiger charge is 2.26.